The molecule has 1 aliphatic heterocycles. The smallest absolute Gasteiger partial charge is 0.127 e. The van der Waals surface area contributed by atoms with E-state index in [1.165, 1.54) is 11.1 Å². The summed E-state index contributed by atoms with van der Waals surface area (Å²) in [7, 11) is 3.43. The molecule has 0 radical (unpaired) electrons. The quantitative estimate of drug-likeness (QED) is 0.797. The second-order valence-corrected chi connectivity index (χ2v) is 7.03. The minimum Gasteiger partial charge on any atom is -0.497 e. The van der Waals surface area contributed by atoms with Gasteiger partial charge in [0.25, 0.3) is 0 Å². The lowest BCUT2D eigenvalue weighted by atomic mass is 10.1. The standard InChI is InChI=1S/C20H25ClN2O2/c1-24-18-7-8-20(25-2)17(13-18)15-23-11-9-22(10-12-23)14-16-5-3-4-6-19(16)21/h3-8,13H,9-12,14-15H2,1-2H3/p+2. The van der Waals surface area contributed by atoms with Crippen LogP contribution in [0, 0.1) is 0 Å². The van der Waals surface area contributed by atoms with Crippen LogP contribution in [0.25, 0.3) is 0 Å². The summed E-state index contributed by atoms with van der Waals surface area (Å²) >= 11 is 6.30. The van der Waals surface area contributed by atoms with Gasteiger partial charge in [-0.25, -0.2) is 0 Å². The van der Waals surface area contributed by atoms with Crippen LogP contribution in [0.1, 0.15) is 11.1 Å². The maximum Gasteiger partial charge on any atom is 0.127 e. The highest BCUT2D eigenvalue weighted by Crippen LogP contribution is 2.23. The van der Waals surface area contributed by atoms with Crippen molar-refractivity contribution in [2.75, 3.05) is 40.4 Å². The van der Waals surface area contributed by atoms with Crippen molar-refractivity contribution in [3.8, 4) is 11.5 Å². The fraction of sp³-hybridized carbons (Fsp3) is 0.400. The largest absolute Gasteiger partial charge is 0.497 e. The molecule has 0 aliphatic carbocycles. The maximum atomic E-state index is 6.30. The van der Waals surface area contributed by atoms with Gasteiger partial charge in [0.2, 0.25) is 0 Å². The van der Waals surface area contributed by atoms with Crippen LogP contribution in [0.5, 0.6) is 11.5 Å². The fourth-order valence-corrected chi connectivity index (χ4v) is 3.71. The molecule has 1 heterocycles. The first-order valence-corrected chi connectivity index (χ1v) is 9.19. The highest BCUT2D eigenvalue weighted by molar-refractivity contribution is 6.31. The molecule has 25 heavy (non-hydrogen) atoms. The van der Waals surface area contributed by atoms with E-state index in [0.717, 1.165) is 55.8 Å². The van der Waals surface area contributed by atoms with E-state index in [1.807, 2.05) is 24.3 Å². The lowest BCUT2D eigenvalue weighted by molar-refractivity contribution is -1.02. The molecule has 1 fully saturated rings. The Kier molecular flexibility index (Phi) is 6.19. The number of piperazine rings is 1. The van der Waals surface area contributed by atoms with Gasteiger partial charge in [-0.05, 0) is 24.3 Å². The topological polar surface area (TPSA) is 27.3 Å². The Hall–Kier alpha value is -1.75. The average molecular weight is 363 g/mol. The summed E-state index contributed by atoms with van der Waals surface area (Å²) in [4.78, 5) is 3.20. The zero-order chi connectivity index (χ0) is 17.6. The number of hydrogen-bond donors (Lipinski definition) is 2. The summed E-state index contributed by atoms with van der Waals surface area (Å²) in [6.07, 6.45) is 0. The number of benzene rings is 2. The van der Waals surface area contributed by atoms with Crippen LogP contribution in [-0.4, -0.2) is 40.4 Å². The van der Waals surface area contributed by atoms with Crippen molar-refractivity contribution >= 4 is 11.6 Å². The molecule has 1 aliphatic rings. The van der Waals surface area contributed by atoms with Gasteiger partial charge < -0.3 is 19.3 Å². The van der Waals surface area contributed by atoms with Crippen molar-refractivity contribution in [3.05, 3.63) is 58.6 Å². The van der Waals surface area contributed by atoms with Gasteiger partial charge in [-0.1, -0.05) is 29.8 Å². The van der Waals surface area contributed by atoms with Crippen LogP contribution in [0.2, 0.25) is 5.02 Å². The Morgan fingerprint density at radius 1 is 0.840 bits per heavy atom. The molecule has 0 spiro atoms. The second-order valence-electron chi connectivity index (χ2n) is 6.62. The molecule has 0 bridgehead atoms. The molecule has 0 atom stereocenters. The van der Waals surface area contributed by atoms with Gasteiger partial charge in [-0.15, -0.1) is 0 Å². The summed E-state index contributed by atoms with van der Waals surface area (Å²) in [6, 6.07) is 14.2. The molecule has 134 valence electrons. The van der Waals surface area contributed by atoms with E-state index in [2.05, 4.69) is 18.2 Å². The molecule has 0 saturated carbocycles. The van der Waals surface area contributed by atoms with E-state index in [1.54, 1.807) is 24.0 Å². The summed E-state index contributed by atoms with van der Waals surface area (Å²) < 4.78 is 10.9. The van der Waals surface area contributed by atoms with E-state index >= 15 is 0 Å². The van der Waals surface area contributed by atoms with Crippen molar-refractivity contribution in [1.82, 2.24) is 0 Å². The van der Waals surface area contributed by atoms with Crippen LogP contribution >= 0.6 is 11.6 Å². The molecule has 4 nitrogen and oxygen atoms in total. The van der Waals surface area contributed by atoms with Crippen molar-refractivity contribution in [1.29, 1.82) is 0 Å². The van der Waals surface area contributed by atoms with Crippen molar-refractivity contribution in [2.45, 2.75) is 13.1 Å². The van der Waals surface area contributed by atoms with Gasteiger partial charge in [0.15, 0.2) is 0 Å². The molecule has 1 saturated heterocycles. The van der Waals surface area contributed by atoms with Gasteiger partial charge in [0.05, 0.1) is 19.8 Å². The molecule has 3 rings (SSSR count). The van der Waals surface area contributed by atoms with Crippen LogP contribution in [0.3, 0.4) is 0 Å². The molecule has 2 N–H and O–H groups in total. The van der Waals surface area contributed by atoms with Gasteiger partial charge >= 0.3 is 0 Å². The minimum absolute atomic E-state index is 0.880. The van der Waals surface area contributed by atoms with Crippen LogP contribution < -0.4 is 19.3 Å². The SMILES string of the molecule is COc1ccc(OC)c(C[NH+]2CC[NH+](Cc3ccccc3Cl)CC2)c1. The highest BCUT2D eigenvalue weighted by atomic mass is 35.5. The second kappa shape index (κ2) is 8.56. The first kappa shape index (κ1) is 18.1. The fourth-order valence-electron chi connectivity index (χ4n) is 3.51. The number of hydrogen-bond acceptors (Lipinski definition) is 2. The molecule has 0 unspecified atom stereocenters. The minimum atomic E-state index is 0.880. The third-order valence-electron chi connectivity index (χ3n) is 4.99. The number of quaternary nitrogens is 2. The molecule has 0 amide bonds. The summed E-state index contributed by atoms with van der Waals surface area (Å²) in [5.41, 5.74) is 2.46. The Labute approximate surface area is 154 Å². The van der Waals surface area contributed by atoms with Crippen molar-refractivity contribution in [2.24, 2.45) is 0 Å². The van der Waals surface area contributed by atoms with E-state index in [-0.39, 0.29) is 0 Å². The van der Waals surface area contributed by atoms with Gasteiger partial charge in [0, 0.05) is 10.6 Å². The van der Waals surface area contributed by atoms with Crippen molar-refractivity contribution in [3.63, 3.8) is 0 Å². The molecule has 5 heteroatoms. The summed E-state index contributed by atoms with van der Waals surface area (Å²) in [6.45, 7) is 6.61. The van der Waals surface area contributed by atoms with E-state index < -0.39 is 0 Å². The van der Waals surface area contributed by atoms with E-state index in [0.29, 0.717) is 0 Å². The van der Waals surface area contributed by atoms with Gasteiger partial charge in [-0.2, -0.15) is 0 Å². The number of halogens is 1. The van der Waals surface area contributed by atoms with Crippen LogP contribution in [0.4, 0.5) is 0 Å². The highest BCUT2D eigenvalue weighted by Gasteiger charge is 2.24. The normalized spacial score (nSPS) is 20.3. The first-order chi connectivity index (χ1) is 12.2. The Bertz CT molecular complexity index is 700. The Balaban J connectivity index is 1.57. The van der Waals surface area contributed by atoms with Gasteiger partial charge in [0.1, 0.15) is 50.8 Å². The third kappa shape index (κ3) is 4.66. The number of rotatable bonds is 6. The zero-order valence-corrected chi connectivity index (χ0v) is 15.7. The zero-order valence-electron chi connectivity index (χ0n) is 15.0. The Morgan fingerprint density at radius 3 is 2.08 bits per heavy atom. The van der Waals surface area contributed by atoms with Crippen molar-refractivity contribution < 1.29 is 19.3 Å². The maximum absolute atomic E-state index is 6.30. The van der Waals surface area contributed by atoms with Crippen LogP contribution in [0.15, 0.2) is 42.5 Å². The molecule has 2 aromatic rings. The average Bonchev–Trinajstić information content (AvgIpc) is 2.65. The number of ether oxygens (including phenoxy) is 2. The molecular weight excluding hydrogens is 336 g/mol. The number of methoxy groups -OCH3 is 2. The molecule has 0 aromatic heterocycles. The van der Waals surface area contributed by atoms with Crippen LogP contribution in [-0.2, 0) is 13.1 Å². The summed E-state index contributed by atoms with van der Waals surface area (Å²) in [5, 5.41) is 0.880. The lowest BCUT2D eigenvalue weighted by Gasteiger charge is -2.30. The Morgan fingerprint density at radius 2 is 1.48 bits per heavy atom. The predicted octanol–water partition coefficient (Wildman–Crippen LogP) is 0.841. The van der Waals surface area contributed by atoms with E-state index in [9.17, 15) is 0 Å². The molecule has 2 aromatic carbocycles. The number of nitrogens with one attached hydrogen (secondary N) is 2. The first-order valence-electron chi connectivity index (χ1n) is 8.81. The lowest BCUT2D eigenvalue weighted by Crippen LogP contribution is -3.27. The summed E-state index contributed by atoms with van der Waals surface area (Å²) in [5.74, 6) is 1.83. The van der Waals surface area contributed by atoms with Gasteiger partial charge in [-0.3, -0.25) is 0 Å². The molecular formula is C20H27ClN2O2+2. The predicted molar refractivity (Wildman–Crippen MR) is 99.8 cm³/mol. The third-order valence-corrected chi connectivity index (χ3v) is 5.36. The van der Waals surface area contributed by atoms with E-state index in [4.69, 9.17) is 21.1 Å². The monoisotopic (exact) mass is 362 g/mol.